The summed E-state index contributed by atoms with van der Waals surface area (Å²) in [5.74, 6) is -0.0127. The number of hydrogen-bond acceptors (Lipinski definition) is 2. The maximum atomic E-state index is 11.7. The molecule has 0 fully saturated rings. The van der Waals surface area contributed by atoms with Crippen LogP contribution in [-0.2, 0) is 0 Å². The highest BCUT2D eigenvalue weighted by molar-refractivity contribution is 7.14. The van der Waals surface area contributed by atoms with E-state index in [0.717, 1.165) is 0 Å². The molecule has 72 valence electrons. The first-order chi connectivity index (χ1) is 6.04. The lowest BCUT2D eigenvalue weighted by Gasteiger charge is -2.20. The molecule has 0 N–H and O–H groups in total. The van der Waals surface area contributed by atoms with E-state index in [1.807, 2.05) is 19.2 Å². The summed E-state index contributed by atoms with van der Waals surface area (Å²) in [4.78, 5) is 13.4. The van der Waals surface area contributed by atoms with Gasteiger partial charge in [-0.15, -0.1) is 11.3 Å². The van der Waals surface area contributed by atoms with E-state index >= 15 is 0 Å². The van der Waals surface area contributed by atoms with E-state index in [0.29, 0.717) is 9.90 Å². The quantitative estimate of drug-likeness (QED) is 0.746. The summed E-state index contributed by atoms with van der Waals surface area (Å²) in [5, 5.41) is 1.82. The number of amides is 1. The first-order valence-corrected chi connectivity index (χ1v) is 5.30. The van der Waals surface area contributed by atoms with Crippen LogP contribution in [0.5, 0.6) is 0 Å². The topological polar surface area (TPSA) is 20.3 Å². The Morgan fingerprint density at radius 2 is 2.23 bits per heavy atom. The minimum atomic E-state index is -0.0127. The lowest BCUT2D eigenvalue weighted by atomic mass is 10.2. The van der Waals surface area contributed by atoms with Crippen LogP contribution in [0.4, 0.5) is 0 Å². The largest absolute Gasteiger partial charge is 0.339 e. The van der Waals surface area contributed by atoms with Gasteiger partial charge in [-0.3, -0.25) is 4.79 Å². The van der Waals surface area contributed by atoms with Crippen molar-refractivity contribution in [2.45, 2.75) is 19.9 Å². The standard InChI is InChI=1S/C9H12ClNOS/c1-6(2)11(3)9(12)7-4-5-13-8(7)10/h4-6H,1-3H3. The molecule has 1 aromatic heterocycles. The molecule has 0 aliphatic rings. The smallest absolute Gasteiger partial charge is 0.256 e. The third kappa shape index (κ3) is 2.23. The monoisotopic (exact) mass is 217 g/mol. The van der Waals surface area contributed by atoms with Gasteiger partial charge >= 0.3 is 0 Å². The summed E-state index contributed by atoms with van der Waals surface area (Å²) in [5.41, 5.74) is 0.600. The van der Waals surface area contributed by atoms with Gasteiger partial charge in [0.1, 0.15) is 4.34 Å². The molecule has 1 rings (SSSR count). The molecule has 0 saturated heterocycles. The van der Waals surface area contributed by atoms with Crippen LogP contribution >= 0.6 is 22.9 Å². The van der Waals surface area contributed by atoms with E-state index in [1.54, 1.807) is 18.0 Å². The third-order valence-corrected chi connectivity index (χ3v) is 3.11. The number of nitrogens with zero attached hydrogens (tertiary/aromatic N) is 1. The highest BCUT2D eigenvalue weighted by Gasteiger charge is 2.17. The molecule has 2 nitrogen and oxygen atoms in total. The molecule has 4 heteroatoms. The summed E-state index contributed by atoms with van der Waals surface area (Å²) in [7, 11) is 1.78. The van der Waals surface area contributed by atoms with Gasteiger partial charge in [0, 0.05) is 13.1 Å². The molecule has 0 aromatic carbocycles. The molecule has 1 heterocycles. The molecule has 13 heavy (non-hydrogen) atoms. The zero-order valence-corrected chi connectivity index (χ0v) is 9.45. The van der Waals surface area contributed by atoms with Crippen molar-refractivity contribution < 1.29 is 4.79 Å². The second kappa shape index (κ2) is 4.11. The maximum absolute atomic E-state index is 11.7. The molecule has 0 aliphatic heterocycles. The predicted molar refractivity (Wildman–Crippen MR) is 56.6 cm³/mol. The first-order valence-electron chi connectivity index (χ1n) is 4.04. The molecule has 1 amide bonds. The zero-order chi connectivity index (χ0) is 10.0. The van der Waals surface area contributed by atoms with E-state index in [2.05, 4.69) is 0 Å². The first kappa shape index (κ1) is 10.5. The van der Waals surface area contributed by atoms with Gasteiger partial charge < -0.3 is 4.90 Å². The van der Waals surface area contributed by atoms with Crippen molar-refractivity contribution in [3.63, 3.8) is 0 Å². The third-order valence-electron chi connectivity index (χ3n) is 1.94. The van der Waals surface area contributed by atoms with Gasteiger partial charge in [-0.25, -0.2) is 0 Å². The average Bonchev–Trinajstić information content (AvgIpc) is 2.48. The summed E-state index contributed by atoms with van der Waals surface area (Å²) >= 11 is 7.23. The zero-order valence-electron chi connectivity index (χ0n) is 7.87. The van der Waals surface area contributed by atoms with Crippen molar-refractivity contribution in [3.05, 3.63) is 21.3 Å². The number of thiophene rings is 1. The Hall–Kier alpha value is -0.540. The van der Waals surface area contributed by atoms with E-state index < -0.39 is 0 Å². The fraction of sp³-hybridized carbons (Fsp3) is 0.444. The van der Waals surface area contributed by atoms with Crippen LogP contribution in [0.2, 0.25) is 4.34 Å². The number of carbonyl (C=O) groups excluding carboxylic acids is 1. The molecule has 0 bridgehead atoms. The van der Waals surface area contributed by atoms with Crippen LogP contribution in [-0.4, -0.2) is 23.9 Å². The molecule has 0 radical (unpaired) electrons. The van der Waals surface area contributed by atoms with Gasteiger partial charge in [-0.2, -0.15) is 0 Å². The van der Waals surface area contributed by atoms with Crippen LogP contribution in [0, 0.1) is 0 Å². The molecule has 0 saturated carbocycles. The Bertz CT molecular complexity index is 308. The molecule has 1 aromatic rings. The van der Waals surface area contributed by atoms with Crippen LogP contribution in [0.25, 0.3) is 0 Å². The minimum Gasteiger partial charge on any atom is -0.339 e. The summed E-state index contributed by atoms with van der Waals surface area (Å²) in [6.45, 7) is 3.94. The number of halogens is 1. The van der Waals surface area contributed by atoms with Crippen LogP contribution in [0.15, 0.2) is 11.4 Å². The number of hydrogen-bond donors (Lipinski definition) is 0. The van der Waals surface area contributed by atoms with Crippen LogP contribution in [0.1, 0.15) is 24.2 Å². The summed E-state index contributed by atoms with van der Waals surface area (Å²) in [6.07, 6.45) is 0. The Kier molecular flexibility index (Phi) is 3.33. The van der Waals surface area contributed by atoms with Crippen molar-refractivity contribution in [2.75, 3.05) is 7.05 Å². The van der Waals surface area contributed by atoms with Gasteiger partial charge in [0.15, 0.2) is 0 Å². The van der Waals surface area contributed by atoms with Crippen molar-refractivity contribution >= 4 is 28.8 Å². The SMILES string of the molecule is CC(C)N(C)C(=O)c1ccsc1Cl. The van der Waals surface area contributed by atoms with E-state index in [1.165, 1.54) is 11.3 Å². The lowest BCUT2D eigenvalue weighted by Crippen LogP contribution is -2.32. The van der Waals surface area contributed by atoms with Crippen LogP contribution in [0.3, 0.4) is 0 Å². The molecular formula is C9H12ClNOS. The highest BCUT2D eigenvalue weighted by Crippen LogP contribution is 2.24. The van der Waals surface area contributed by atoms with E-state index in [9.17, 15) is 4.79 Å². The predicted octanol–water partition coefficient (Wildman–Crippen LogP) is 2.88. The summed E-state index contributed by atoms with van der Waals surface area (Å²) < 4.78 is 0.567. The van der Waals surface area contributed by atoms with Gasteiger partial charge in [0.2, 0.25) is 0 Å². The second-order valence-electron chi connectivity index (χ2n) is 3.12. The number of rotatable bonds is 2. The Labute approximate surface area is 87.1 Å². The van der Waals surface area contributed by atoms with Gasteiger partial charge in [-0.1, -0.05) is 11.6 Å². The summed E-state index contributed by atoms with van der Waals surface area (Å²) in [6, 6.07) is 1.96. The average molecular weight is 218 g/mol. The fourth-order valence-corrected chi connectivity index (χ4v) is 1.77. The normalized spacial score (nSPS) is 10.5. The minimum absolute atomic E-state index is 0.0127. The van der Waals surface area contributed by atoms with Crippen LogP contribution < -0.4 is 0 Å². The van der Waals surface area contributed by atoms with Crippen molar-refractivity contribution in [2.24, 2.45) is 0 Å². The van der Waals surface area contributed by atoms with Crippen molar-refractivity contribution in [1.29, 1.82) is 0 Å². The number of carbonyl (C=O) groups is 1. The van der Waals surface area contributed by atoms with E-state index in [-0.39, 0.29) is 11.9 Å². The highest BCUT2D eigenvalue weighted by atomic mass is 35.5. The lowest BCUT2D eigenvalue weighted by molar-refractivity contribution is 0.0755. The van der Waals surface area contributed by atoms with Gasteiger partial charge in [-0.05, 0) is 25.3 Å². The molecule has 0 atom stereocenters. The molecule has 0 spiro atoms. The Morgan fingerprint density at radius 1 is 1.62 bits per heavy atom. The Morgan fingerprint density at radius 3 is 2.62 bits per heavy atom. The van der Waals surface area contributed by atoms with Gasteiger partial charge in [0.25, 0.3) is 5.91 Å². The molecule has 0 unspecified atom stereocenters. The van der Waals surface area contributed by atoms with Crippen molar-refractivity contribution in [1.82, 2.24) is 4.90 Å². The maximum Gasteiger partial charge on any atom is 0.256 e. The second-order valence-corrected chi connectivity index (χ2v) is 4.64. The Balaban J connectivity index is 2.86. The van der Waals surface area contributed by atoms with E-state index in [4.69, 9.17) is 11.6 Å². The molecule has 0 aliphatic carbocycles. The van der Waals surface area contributed by atoms with Gasteiger partial charge in [0.05, 0.1) is 5.56 Å². The fourth-order valence-electron chi connectivity index (χ4n) is 0.871. The van der Waals surface area contributed by atoms with Crippen molar-refractivity contribution in [3.8, 4) is 0 Å². The molecular weight excluding hydrogens is 206 g/mol.